The predicted molar refractivity (Wildman–Crippen MR) is 75.5 cm³/mol. The molecule has 0 N–H and O–H groups in total. The molecule has 0 radical (unpaired) electrons. The highest BCUT2D eigenvalue weighted by Crippen LogP contribution is 2.15. The Kier molecular flexibility index (Phi) is 4.96. The van der Waals surface area contributed by atoms with Crippen LogP contribution in [0.2, 0.25) is 0 Å². The lowest BCUT2D eigenvalue weighted by atomic mass is 10.1. The van der Waals surface area contributed by atoms with Crippen LogP contribution in [0.5, 0.6) is 0 Å². The number of nitrogens with zero attached hydrogens (tertiary/aromatic N) is 1. The first-order chi connectivity index (χ1) is 9.12. The van der Waals surface area contributed by atoms with Crippen molar-refractivity contribution in [3.05, 3.63) is 35.9 Å². The zero-order chi connectivity index (χ0) is 13.7. The van der Waals surface area contributed by atoms with Crippen molar-refractivity contribution >= 4 is 10.0 Å². The van der Waals surface area contributed by atoms with Gasteiger partial charge in [0.25, 0.3) is 0 Å². The molecule has 4 nitrogen and oxygen atoms in total. The van der Waals surface area contributed by atoms with E-state index < -0.39 is 10.0 Å². The van der Waals surface area contributed by atoms with Gasteiger partial charge in [-0.1, -0.05) is 30.3 Å². The summed E-state index contributed by atoms with van der Waals surface area (Å²) >= 11 is 0. The van der Waals surface area contributed by atoms with E-state index in [9.17, 15) is 8.42 Å². The monoisotopic (exact) mass is 283 g/mol. The van der Waals surface area contributed by atoms with E-state index in [0.29, 0.717) is 19.7 Å². The van der Waals surface area contributed by atoms with Gasteiger partial charge in [-0.05, 0) is 25.3 Å². The van der Waals surface area contributed by atoms with E-state index >= 15 is 0 Å². The highest BCUT2D eigenvalue weighted by molar-refractivity contribution is 7.89. The summed E-state index contributed by atoms with van der Waals surface area (Å²) in [6, 6.07) is 10.2. The van der Waals surface area contributed by atoms with Crippen LogP contribution in [0.4, 0.5) is 0 Å². The molecule has 0 aliphatic carbocycles. The van der Waals surface area contributed by atoms with Crippen LogP contribution in [0.15, 0.2) is 30.3 Å². The maximum atomic E-state index is 11.8. The lowest BCUT2D eigenvalue weighted by Gasteiger charge is -2.32. The summed E-state index contributed by atoms with van der Waals surface area (Å²) < 4.78 is 30.9. The maximum absolute atomic E-state index is 11.8. The average molecular weight is 283 g/mol. The Morgan fingerprint density at radius 3 is 2.74 bits per heavy atom. The third kappa shape index (κ3) is 4.03. The van der Waals surface area contributed by atoms with E-state index in [-0.39, 0.29) is 11.9 Å². The molecule has 1 atom stereocenters. The van der Waals surface area contributed by atoms with Gasteiger partial charge >= 0.3 is 0 Å². The topological polar surface area (TPSA) is 46.6 Å². The van der Waals surface area contributed by atoms with Gasteiger partial charge in [0.1, 0.15) is 0 Å². The number of morpholine rings is 1. The first-order valence-electron chi connectivity index (χ1n) is 6.75. The van der Waals surface area contributed by atoms with Gasteiger partial charge in [0.15, 0.2) is 0 Å². The SMILES string of the molecule is CCS(=O)(=O)N1CCOC(CCc2ccccc2)C1. The first-order valence-corrected chi connectivity index (χ1v) is 8.36. The molecule has 0 aromatic heterocycles. The van der Waals surface area contributed by atoms with E-state index in [1.165, 1.54) is 5.56 Å². The molecule has 0 amide bonds. The number of hydrogen-bond acceptors (Lipinski definition) is 3. The van der Waals surface area contributed by atoms with Crippen molar-refractivity contribution in [2.24, 2.45) is 0 Å². The van der Waals surface area contributed by atoms with Crippen molar-refractivity contribution in [3.8, 4) is 0 Å². The number of rotatable bonds is 5. The minimum atomic E-state index is -3.08. The molecule has 0 saturated carbocycles. The Bertz CT molecular complexity index is 487. The molecule has 1 aromatic rings. The summed E-state index contributed by atoms with van der Waals surface area (Å²) in [5.74, 6) is 0.165. The standard InChI is InChI=1S/C14H21NO3S/c1-2-19(16,17)15-10-11-18-14(12-15)9-8-13-6-4-3-5-7-13/h3-7,14H,2,8-12H2,1H3. The van der Waals surface area contributed by atoms with Gasteiger partial charge in [-0.15, -0.1) is 0 Å². The number of ether oxygens (including phenoxy) is 1. The van der Waals surface area contributed by atoms with Crippen LogP contribution in [0.3, 0.4) is 0 Å². The molecule has 19 heavy (non-hydrogen) atoms. The number of aryl methyl sites for hydroxylation is 1. The Hall–Kier alpha value is -0.910. The zero-order valence-corrected chi connectivity index (χ0v) is 12.1. The van der Waals surface area contributed by atoms with Crippen molar-refractivity contribution in [2.75, 3.05) is 25.4 Å². The number of hydrogen-bond donors (Lipinski definition) is 0. The van der Waals surface area contributed by atoms with E-state index in [2.05, 4.69) is 12.1 Å². The normalized spacial score (nSPS) is 21.4. The van der Waals surface area contributed by atoms with Gasteiger partial charge in [0, 0.05) is 13.1 Å². The molecule has 0 spiro atoms. The van der Waals surface area contributed by atoms with Gasteiger partial charge in [0.2, 0.25) is 10.0 Å². The van der Waals surface area contributed by atoms with Crippen LogP contribution in [-0.2, 0) is 21.2 Å². The van der Waals surface area contributed by atoms with E-state index in [1.54, 1.807) is 11.2 Å². The Balaban J connectivity index is 1.88. The molecule has 1 aliphatic rings. The average Bonchev–Trinajstić information content (AvgIpc) is 2.46. The van der Waals surface area contributed by atoms with Crippen molar-refractivity contribution in [1.82, 2.24) is 4.31 Å². The van der Waals surface area contributed by atoms with Gasteiger partial charge < -0.3 is 4.74 Å². The Morgan fingerprint density at radius 1 is 1.32 bits per heavy atom. The quantitative estimate of drug-likeness (QED) is 0.826. The van der Waals surface area contributed by atoms with Gasteiger partial charge in [0.05, 0.1) is 18.5 Å². The van der Waals surface area contributed by atoms with Crippen LogP contribution in [-0.4, -0.2) is 44.3 Å². The summed E-state index contributed by atoms with van der Waals surface area (Å²) in [7, 11) is -3.08. The van der Waals surface area contributed by atoms with E-state index in [0.717, 1.165) is 12.8 Å². The summed E-state index contributed by atoms with van der Waals surface area (Å²) in [6.07, 6.45) is 1.79. The molecule has 5 heteroatoms. The third-order valence-electron chi connectivity index (χ3n) is 3.46. The van der Waals surface area contributed by atoms with Crippen molar-refractivity contribution in [1.29, 1.82) is 0 Å². The fourth-order valence-electron chi connectivity index (χ4n) is 2.27. The smallest absolute Gasteiger partial charge is 0.213 e. The lowest BCUT2D eigenvalue weighted by Crippen LogP contribution is -2.46. The van der Waals surface area contributed by atoms with Gasteiger partial charge in [-0.2, -0.15) is 4.31 Å². The second kappa shape index (κ2) is 6.50. The molecular weight excluding hydrogens is 262 g/mol. The van der Waals surface area contributed by atoms with Crippen LogP contribution in [0.25, 0.3) is 0 Å². The molecule has 0 bridgehead atoms. The molecule has 2 rings (SSSR count). The Morgan fingerprint density at radius 2 is 2.05 bits per heavy atom. The van der Waals surface area contributed by atoms with Gasteiger partial charge in [-0.3, -0.25) is 0 Å². The maximum Gasteiger partial charge on any atom is 0.213 e. The van der Waals surface area contributed by atoms with Crippen LogP contribution < -0.4 is 0 Å². The van der Waals surface area contributed by atoms with Crippen molar-refractivity contribution < 1.29 is 13.2 Å². The van der Waals surface area contributed by atoms with Crippen LogP contribution >= 0.6 is 0 Å². The minimum absolute atomic E-state index is 0.00952. The Labute approximate surface area is 115 Å². The second-order valence-electron chi connectivity index (χ2n) is 4.78. The van der Waals surface area contributed by atoms with Crippen LogP contribution in [0.1, 0.15) is 18.9 Å². The molecule has 1 saturated heterocycles. The highest BCUT2D eigenvalue weighted by atomic mass is 32.2. The summed E-state index contributed by atoms with van der Waals surface area (Å²) in [5, 5.41) is 0. The van der Waals surface area contributed by atoms with Crippen molar-refractivity contribution in [2.45, 2.75) is 25.9 Å². The summed E-state index contributed by atoms with van der Waals surface area (Å²) in [6.45, 7) is 3.16. The summed E-state index contributed by atoms with van der Waals surface area (Å²) in [4.78, 5) is 0. The van der Waals surface area contributed by atoms with Gasteiger partial charge in [-0.25, -0.2) is 8.42 Å². The zero-order valence-electron chi connectivity index (χ0n) is 11.3. The van der Waals surface area contributed by atoms with E-state index in [4.69, 9.17) is 4.74 Å². The summed E-state index contributed by atoms with van der Waals surface area (Å²) in [5.41, 5.74) is 1.27. The molecule has 1 unspecified atom stereocenters. The molecule has 1 aliphatic heterocycles. The fourth-order valence-corrected chi connectivity index (χ4v) is 3.39. The largest absolute Gasteiger partial charge is 0.375 e. The molecule has 1 fully saturated rings. The minimum Gasteiger partial charge on any atom is -0.375 e. The molecular formula is C14H21NO3S. The van der Waals surface area contributed by atoms with Crippen molar-refractivity contribution in [3.63, 3.8) is 0 Å². The number of benzene rings is 1. The third-order valence-corrected chi connectivity index (χ3v) is 5.31. The predicted octanol–water partition coefficient (Wildman–Crippen LogP) is 1.67. The molecule has 106 valence electrons. The second-order valence-corrected chi connectivity index (χ2v) is 7.03. The molecule has 1 heterocycles. The van der Waals surface area contributed by atoms with Crippen LogP contribution in [0, 0.1) is 0 Å². The first kappa shape index (κ1) is 14.5. The number of sulfonamides is 1. The molecule has 1 aromatic carbocycles. The lowest BCUT2D eigenvalue weighted by molar-refractivity contribution is -0.00521. The highest BCUT2D eigenvalue weighted by Gasteiger charge is 2.27. The van der Waals surface area contributed by atoms with E-state index in [1.807, 2.05) is 18.2 Å². The fraction of sp³-hybridized carbons (Fsp3) is 0.571.